The molecule has 5 heteroatoms. The Balaban J connectivity index is 1.80. The van der Waals surface area contributed by atoms with Gasteiger partial charge in [-0.1, -0.05) is 15.9 Å². The zero-order chi connectivity index (χ0) is 14.1. The summed E-state index contributed by atoms with van der Waals surface area (Å²) in [4.78, 5) is 26.3. The van der Waals surface area contributed by atoms with E-state index in [0.29, 0.717) is 12.2 Å². The lowest BCUT2D eigenvalue weighted by molar-refractivity contribution is -0.150. The van der Waals surface area contributed by atoms with Crippen LogP contribution in [0.15, 0.2) is 22.7 Å². The largest absolute Gasteiger partial charge is 0.426 e. The van der Waals surface area contributed by atoms with Crippen molar-refractivity contribution in [2.24, 2.45) is 5.92 Å². The van der Waals surface area contributed by atoms with Crippen molar-refractivity contribution in [3.63, 3.8) is 0 Å². The molecule has 1 aromatic rings. The number of hydrogen-bond acceptors (Lipinski definition) is 3. The van der Waals surface area contributed by atoms with Gasteiger partial charge in [0.25, 0.3) is 0 Å². The quantitative estimate of drug-likeness (QED) is 0.449. The zero-order valence-corrected chi connectivity index (χ0v) is 12.7. The number of rotatable bonds is 1. The van der Waals surface area contributed by atoms with Crippen LogP contribution < -0.4 is 4.74 Å². The van der Waals surface area contributed by atoms with Gasteiger partial charge in [-0.25, -0.2) is 0 Å². The number of ether oxygens (including phenoxy) is 1. The molecule has 2 heterocycles. The predicted molar refractivity (Wildman–Crippen MR) is 77.4 cm³/mol. The number of benzene rings is 1. The summed E-state index contributed by atoms with van der Waals surface area (Å²) in [5, 5.41) is 0. The minimum Gasteiger partial charge on any atom is -0.426 e. The molecule has 0 spiro atoms. The normalized spacial score (nSPS) is 22.1. The first-order chi connectivity index (χ1) is 9.65. The molecule has 106 valence electrons. The third kappa shape index (κ3) is 2.59. The van der Waals surface area contributed by atoms with Gasteiger partial charge in [0.05, 0.1) is 0 Å². The monoisotopic (exact) mass is 337 g/mol. The highest BCUT2D eigenvalue weighted by molar-refractivity contribution is 9.10. The lowest BCUT2D eigenvalue weighted by Gasteiger charge is -2.31. The molecule has 1 atom stereocenters. The summed E-state index contributed by atoms with van der Waals surface area (Å²) in [6, 6.07) is 5.51. The van der Waals surface area contributed by atoms with Crippen molar-refractivity contribution in [3.05, 3.63) is 28.2 Å². The van der Waals surface area contributed by atoms with Gasteiger partial charge < -0.3 is 9.64 Å². The van der Waals surface area contributed by atoms with Crippen molar-refractivity contribution in [1.29, 1.82) is 0 Å². The van der Waals surface area contributed by atoms with E-state index in [9.17, 15) is 9.59 Å². The Kier molecular flexibility index (Phi) is 3.78. The van der Waals surface area contributed by atoms with E-state index < -0.39 is 11.9 Å². The number of carbonyl (C=O) groups excluding carboxylic acids is 2. The van der Waals surface area contributed by atoms with Crippen LogP contribution in [0.25, 0.3) is 0 Å². The van der Waals surface area contributed by atoms with Crippen molar-refractivity contribution in [2.45, 2.75) is 25.7 Å². The summed E-state index contributed by atoms with van der Waals surface area (Å²) in [7, 11) is 0. The van der Waals surface area contributed by atoms with Crippen molar-refractivity contribution in [1.82, 2.24) is 4.90 Å². The second-order valence-electron chi connectivity index (χ2n) is 5.32. The van der Waals surface area contributed by atoms with E-state index in [1.54, 1.807) is 11.0 Å². The van der Waals surface area contributed by atoms with Gasteiger partial charge in [-0.05, 0) is 49.4 Å². The molecule has 0 aliphatic carbocycles. The third-order valence-corrected chi connectivity index (χ3v) is 4.40. The number of amides is 1. The topological polar surface area (TPSA) is 46.6 Å². The molecule has 4 nitrogen and oxygen atoms in total. The highest BCUT2D eigenvalue weighted by Crippen LogP contribution is 2.31. The Labute approximate surface area is 126 Å². The number of likely N-dealkylation sites (tertiary alicyclic amines) is 1. The molecule has 2 aliphatic rings. The molecular weight excluding hydrogens is 322 g/mol. The van der Waals surface area contributed by atoms with Gasteiger partial charge in [-0.3, -0.25) is 9.59 Å². The SMILES string of the molecule is O=C1Oc2ccc(Br)cc2C[C@H]1C(=O)N1CCCCC1. The third-order valence-electron chi connectivity index (χ3n) is 3.91. The van der Waals surface area contributed by atoms with Gasteiger partial charge >= 0.3 is 5.97 Å². The van der Waals surface area contributed by atoms with Crippen molar-refractivity contribution >= 4 is 27.8 Å². The molecule has 0 radical (unpaired) electrons. The van der Waals surface area contributed by atoms with Crippen molar-refractivity contribution < 1.29 is 14.3 Å². The summed E-state index contributed by atoms with van der Waals surface area (Å²) in [5.41, 5.74) is 0.911. The van der Waals surface area contributed by atoms with E-state index in [0.717, 1.165) is 42.4 Å². The Bertz CT molecular complexity index is 552. The molecule has 0 bridgehead atoms. The standard InChI is InChI=1S/C15H16BrNO3/c16-11-4-5-13-10(8-11)9-12(15(19)20-13)14(18)17-6-2-1-3-7-17/h4-5,8,12H,1-3,6-7,9H2/t12-/m0/s1. The predicted octanol–water partition coefficient (Wildman–Crippen LogP) is 2.54. The summed E-state index contributed by atoms with van der Waals surface area (Å²) in [5.74, 6) is -0.619. The lowest BCUT2D eigenvalue weighted by atomic mass is 9.94. The molecule has 2 aliphatic heterocycles. The second kappa shape index (κ2) is 5.56. The van der Waals surface area contributed by atoms with Gasteiger partial charge in [-0.15, -0.1) is 0 Å². The average Bonchev–Trinajstić information content (AvgIpc) is 2.47. The van der Waals surface area contributed by atoms with Crippen LogP contribution in [0.1, 0.15) is 24.8 Å². The number of esters is 1. The molecule has 0 saturated carbocycles. The van der Waals surface area contributed by atoms with E-state index in [2.05, 4.69) is 15.9 Å². The van der Waals surface area contributed by atoms with Crippen LogP contribution in [0.5, 0.6) is 5.75 Å². The lowest BCUT2D eigenvalue weighted by Crippen LogP contribution is -2.45. The number of halogens is 1. The highest BCUT2D eigenvalue weighted by atomic mass is 79.9. The number of piperidine rings is 1. The van der Waals surface area contributed by atoms with Crippen molar-refractivity contribution in [3.8, 4) is 5.75 Å². The maximum absolute atomic E-state index is 12.5. The smallest absolute Gasteiger partial charge is 0.324 e. The Morgan fingerprint density at radius 3 is 2.75 bits per heavy atom. The van der Waals surface area contributed by atoms with Gasteiger partial charge in [0, 0.05) is 17.6 Å². The summed E-state index contributed by atoms with van der Waals surface area (Å²) < 4.78 is 6.23. The number of hydrogen-bond donors (Lipinski definition) is 0. The van der Waals surface area contributed by atoms with Gasteiger partial charge in [0.15, 0.2) is 0 Å². The van der Waals surface area contributed by atoms with Crippen molar-refractivity contribution in [2.75, 3.05) is 13.1 Å². The Morgan fingerprint density at radius 1 is 1.25 bits per heavy atom. The fraction of sp³-hybridized carbons (Fsp3) is 0.467. The fourth-order valence-corrected chi connectivity index (χ4v) is 3.22. The molecule has 1 aromatic carbocycles. The van der Waals surface area contributed by atoms with Crippen LogP contribution in [0.4, 0.5) is 0 Å². The van der Waals surface area contributed by atoms with Crippen LogP contribution in [0.3, 0.4) is 0 Å². The zero-order valence-electron chi connectivity index (χ0n) is 11.1. The van der Waals surface area contributed by atoms with Crippen LogP contribution in [-0.2, 0) is 16.0 Å². The first kappa shape index (κ1) is 13.6. The molecule has 3 rings (SSSR count). The Hall–Kier alpha value is -1.36. The highest BCUT2D eigenvalue weighted by Gasteiger charge is 2.37. The molecule has 1 saturated heterocycles. The summed E-state index contributed by atoms with van der Waals surface area (Å²) in [6.07, 6.45) is 3.64. The van der Waals surface area contributed by atoms with Crippen LogP contribution in [0, 0.1) is 5.92 Å². The molecule has 1 fully saturated rings. The molecule has 0 N–H and O–H groups in total. The molecular formula is C15H16BrNO3. The van der Waals surface area contributed by atoms with Gasteiger partial charge in [0.1, 0.15) is 11.7 Å². The molecule has 20 heavy (non-hydrogen) atoms. The minimum atomic E-state index is -0.685. The molecule has 0 unspecified atom stereocenters. The van der Waals surface area contributed by atoms with Crippen LogP contribution in [0.2, 0.25) is 0 Å². The minimum absolute atomic E-state index is 0.0830. The Morgan fingerprint density at radius 2 is 2.00 bits per heavy atom. The fourth-order valence-electron chi connectivity index (χ4n) is 2.81. The average molecular weight is 338 g/mol. The van der Waals surface area contributed by atoms with E-state index >= 15 is 0 Å². The van der Waals surface area contributed by atoms with E-state index in [-0.39, 0.29) is 5.91 Å². The number of nitrogens with zero attached hydrogens (tertiary/aromatic N) is 1. The van der Waals surface area contributed by atoms with E-state index in [1.807, 2.05) is 12.1 Å². The first-order valence-corrected chi connectivity index (χ1v) is 7.73. The molecule has 0 aromatic heterocycles. The van der Waals surface area contributed by atoms with Gasteiger partial charge in [-0.2, -0.15) is 0 Å². The number of carbonyl (C=O) groups is 2. The summed E-state index contributed by atoms with van der Waals surface area (Å²) >= 11 is 3.40. The van der Waals surface area contributed by atoms with Gasteiger partial charge in [0.2, 0.25) is 5.91 Å². The maximum atomic E-state index is 12.5. The summed E-state index contributed by atoms with van der Waals surface area (Å²) in [6.45, 7) is 1.52. The van der Waals surface area contributed by atoms with Crippen LogP contribution >= 0.6 is 15.9 Å². The van der Waals surface area contributed by atoms with E-state index in [4.69, 9.17) is 4.74 Å². The van der Waals surface area contributed by atoms with E-state index in [1.165, 1.54) is 0 Å². The van der Waals surface area contributed by atoms with Crippen LogP contribution in [-0.4, -0.2) is 29.9 Å². The maximum Gasteiger partial charge on any atom is 0.324 e. The second-order valence-corrected chi connectivity index (χ2v) is 6.23. The molecule has 1 amide bonds. The number of fused-ring (bicyclic) bond motifs is 1. The first-order valence-electron chi connectivity index (χ1n) is 6.94.